The Balaban J connectivity index is 0.000000154. The summed E-state index contributed by atoms with van der Waals surface area (Å²) in [6.45, 7) is 2.04. The van der Waals surface area contributed by atoms with E-state index in [-0.39, 0.29) is 11.6 Å². The van der Waals surface area contributed by atoms with Crippen LogP contribution in [0.2, 0.25) is 0 Å². The van der Waals surface area contributed by atoms with Crippen molar-refractivity contribution in [2.24, 2.45) is 0 Å². The molecule has 0 aliphatic rings. The van der Waals surface area contributed by atoms with E-state index in [1.807, 2.05) is 116 Å². The number of hydrogen-bond acceptors (Lipinski definition) is 8. The Morgan fingerprint density at radius 1 is 0.483 bits per heavy atom. The van der Waals surface area contributed by atoms with Gasteiger partial charge in [-0.05, 0) is 79.7 Å². The van der Waals surface area contributed by atoms with Crippen molar-refractivity contribution >= 4 is 50.2 Å². The SMILES string of the molecule is Cc1ccc(Nc2ccnc(-c3c(-c4ccccc4)nc4ccc(F)cn34)n2)cc1.Fc1ccc2nc(-c3ccccc3)c(-c3nccc(Nc4ccc(Br)cc4)n3)n2c1. The molecule has 0 spiro atoms. The molecule has 0 unspecified atom stereocenters. The second kappa shape index (κ2) is 16.7. The van der Waals surface area contributed by atoms with Crippen LogP contribution in [-0.4, -0.2) is 38.7 Å². The lowest BCUT2D eigenvalue weighted by Crippen LogP contribution is -2.00. The van der Waals surface area contributed by atoms with Gasteiger partial charge in [0.2, 0.25) is 0 Å². The number of halogens is 3. The fourth-order valence-electron chi connectivity index (χ4n) is 6.61. The highest BCUT2D eigenvalue weighted by Gasteiger charge is 2.20. The minimum Gasteiger partial charge on any atom is -0.340 e. The van der Waals surface area contributed by atoms with Crippen LogP contribution in [0.15, 0.2) is 175 Å². The van der Waals surface area contributed by atoms with Gasteiger partial charge in [-0.2, -0.15) is 0 Å². The Morgan fingerprint density at radius 3 is 1.37 bits per heavy atom. The van der Waals surface area contributed by atoms with Gasteiger partial charge in [0.05, 0.1) is 0 Å². The summed E-state index contributed by atoms with van der Waals surface area (Å²) in [7, 11) is 0. The molecule has 2 N–H and O–H groups in total. The second-order valence-electron chi connectivity index (χ2n) is 13.7. The Morgan fingerprint density at radius 2 is 0.917 bits per heavy atom. The summed E-state index contributed by atoms with van der Waals surface area (Å²) >= 11 is 3.43. The number of hydrogen-bond donors (Lipinski definition) is 2. The summed E-state index contributed by atoms with van der Waals surface area (Å²) in [5.41, 5.74) is 8.76. The number of fused-ring (bicyclic) bond motifs is 2. The number of imidazole rings is 2. The Hall–Kier alpha value is -7.64. The highest BCUT2D eigenvalue weighted by molar-refractivity contribution is 9.10. The predicted molar refractivity (Wildman–Crippen MR) is 235 cm³/mol. The average Bonchev–Trinajstić information content (AvgIpc) is 3.85. The van der Waals surface area contributed by atoms with E-state index in [4.69, 9.17) is 15.0 Å². The molecule has 4 aromatic carbocycles. The van der Waals surface area contributed by atoms with Crippen molar-refractivity contribution in [2.75, 3.05) is 10.6 Å². The van der Waals surface area contributed by atoms with Gasteiger partial charge < -0.3 is 10.6 Å². The van der Waals surface area contributed by atoms with Crippen LogP contribution in [0.5, 0.6) is 0 Å². The normalized spacial score (nSPS) is 11.0. The summed E-state index contributed by atoms with van der Waals surface area (Å²) in [5.74, 6) is 1.49. The molecule has 6 aromatic heterocycles. The van der Waals surface area contributed by atoms with E-state index in [1.165, 1.54) is 30.1 Å². The molecule has 0 saturated heterocycles. The van der Waals surface area contributed by atoms with Crippen molar-refractivity contribution in [3.63, 3.8) is 0 Å². The van der Waals surface area contributed by atoms with Crippen molar-refractivity contribution in [1.82, 2.24) is 38.7 Å². The molecule has 0 aliphatic heterocycles. The number of nitrogens with one attached hydrogen (secondary N) is 2. The average molecular weight is 856 g/mol. The van der Waals surface area contributed by atoms with Crippen LogP contribution in [0.3, 0.4) is 0 Å². The maximum absolute atomic E-state index is 14.0. The van der Waals surface area contributed by atoms with Crippen LogP contribution in [0, 0.1) is 18.6 Å². The van der Waals surface area contributed by atoms with E-state index >= 15 is 0 Å². The lowest BCUT2D eigenvalue weighted by Gasteiger charge is -2.09. The lowest BCUT2D eigenvalue weighted by molar-refractivity contribution is 0.619. The van der Waals surface area contributed by atoms with E-state index in [0.717, 1.165) is 27.0 Å². The molecule has 292 valence electrons. The third-order valence-corrected chi connectivity index (χ3v) is 9.96. The quantitative estimate of drug-likeness (QED) is 0.155. The molecular weight excluding hydrogens is 822 g/mol. The lowest BCUT2D eigenvalue weighted by atomic mass is 10.1. The van der Waals surface area contributed by atoms with Crippen molar-refractivity contribution in [3.05, 3.63) is 192 Å². The first-order valence-electron chi connectivity index (χ1n) is 18.8. The van der Waals surface area contributed by atoms with Gasteiger partial charge in [-0.25, -0.2) is 38.7 Å². The van der Waals surface area contributed by atoms with Gasteiger partial charge in [-0.1, -0.05) is 94.3 Å². The number of anilines is 4. The molecule has 10 nitrogen and oxygen atoms in total. The Kier molecular flexibility index (Phi) is 10.5. The van der Waals surface area contributed by atoms with Gasteiger partial charge in [0.1, 0.15) is 57.3 Å². The van der Waals surface area contributed by atoms with Crippen LogP contribution in [0.1, 0.15) is 5.56 Å². The summed E-state index contributed by atoms with van der Waals surface area (Å²) in [5, 5.41) is 6.57. The van der Waals surface area contributed by atoms with Gasteiger partial charge in [-0.15, -0.1) is 0 Å². The molecule has 60 heavy (non-hydrogen) atoms. The van der Waals surface area contributed by atoms with E-state index in [1.54, 1.807) is 45.5 Å². The number of benzene rings is 4. The molecule has 13 heteroatoms. The van der Waals surface area contributed by atoms with Gasteiger partial charge in [0.25, 0.3) is 0 Å². The van der Waals surface area contributed by atoms with E-state index in [0.29, 0.717) is 57.4 Å². The first-order valence-corrected chi connectivity index (χ1v) is 19.6. The van der Waals surface area contributed by atoms with Crippen LogP contribution in [-0.2, 0) is 0 Å². The van der Waals surface area contributed by atoms with Crippen LogP contribution >= 0.6 is 15.9 Å². The Bertz CT molecular complexity index is 2870. The van der Waals surface area contributed by atoms with Gasteiger partial charge in [0.15, 0.2) is 11.6 Å². The molecule has 10 aromatic rings. The highest BCUT2D eigenvalue weighted by Crippen LogP contribution is 2.33. The molecule has 0 amide bonds. The molecule has 0 bridgehead atoms. The molecule has 0 fully saturated rings. The summed E-state index contributed by atoms with van der Waals surface area (Å²) in [6, 6.07) is 45.1. The number of nitrogens with zero attached hydrogens (tertiary/aromatic N) is 8. The predicted octanol–water partition coefficient (Wildman–Crippen LogP) is 11.8. The van der Waals surface area contributed by atoms with Crippen LogP contribution in [0.4, 0.5) is 31.8 Å². The largest absolute Gasteiger partial charge is 0.340 e. The van der Waals surface area contributed by atoms with Crippen LogP contribution < -0.4 is 10.6 Å². The van der Waals surface area contributed by atoms with E-state index in [9.17, 15) is 8.78 Å². The molecule has 6 heterocycles. The Labute approximate surface area is 351 Å². The molecule has 0 atom stereocenters. The molecular formula is C47H33BrF2N10. The van der Waals surface area contributed by atoms with Crippen molar-refractivity contribution < 1.29 is 8.78 Å². The topological polar surface area (TPSA) is 110 Å². The number of aryl methyl sites for hydroxylation is 1. The summed E-state index contributed by atoms with van der Waals surface area (Å²) in [6.07, 6.45) is 6.18. The first-order chi connectivity index (χ1) is 29.3. The number of rotatable bonds is 8. The van der Waals surface area contributed by atoms with Gasteiger partial charge in [0, 0.05) is 51.8 Å². The van der Waals surface area contributed by atoms with E-state index < -0.39 is 0 Å². The third kappa shape index (κ3) is 8.20. The van der Waals surface area contributed by atoms with Gasteiger partial charge >= 0.3 is 0 Å². The zero-order valence-electron chi connectivity index (χ0n) is 31.9. The van der Waals surface area contributed by atoms with Crippen LogP contribution in [0.25, 0.3) is 56.8 Å². The van der Waals surface area contributed by atoms with E-state index in [2.05, 4.69) is 41.5 Å². The van der Waals surface area contributed by atoms with Crippen molar-refractivity contribution in [3.8, 4) is 45.6 Å². The minimum absolute atomic E-state index is 0.352. The minimum atomic E-state index is -0.357. The van der Waals surface area contributed by atoms with Gasteiger partial charge in [-0.3, -0.25) is 8.80 Å². The van der Waals surface area contributed by atoms with Crippen molar-refractivity contribution in [1.29, 1.82) is 0 Å². The zero-order chi connectivity index (χ0) is 41.0. The smallest absolute Gasteiger partial charge is 0.180 e. The maximum Gasteiger partial charge on any atom is 0.180 e. The molecule has 10 rings (SSSR count). The van der Waals surface area contributed by atoms with Crippen molar-refractivity contribution in [2.45, 2.75) is 6.92 Å². The number of aromatic nitrogens is 8. The second-order valence-corrected chi connectivity index (χ2v) is 14.6. The maximum atomic E-state index is 14.0. The zero-order valence-corrected chi connectivity index (χ0v) is 33.5. The molecule has 0 saturated carbocycles. The fraction of sp³-hybridized carbons (Fsp3) is 0.0213. The number of pyridine rings is 2. The molecule has 0 radical (unpaired) electrons. The fourth-order valence-corrected chi connectivity index (χ4v) is 6.87. The monoisotopic (exact) mass is 854 g/mol. The first kappa shape index (κ1) is 37.9. The standard InChI is InChI=1S/C24H18FN5.C23H15BrFN5/c1-16-7-10-19(11-8-16)27-20-13-14-26-24(28-20)23-22(17-5-3-2-4-6-17)29-21-12-9-18(25)15-30(21)23;24-16-6-9-18(10-7-16)27-19-12-13-26-23(28-19)22-21(15-4-2-1-3-5-15)29-20-11-8-17(25)14-30(20)22/h2-15H,1H3,(H,26,27,28);1-14H,(H,26,27,28). The molecule has 0 aliphatic carbocycles. The highest BCUT2D eigenvalue weighted by atomic mass is 79.9. The summed E-state index contributed by atoms with van der Waals surface area (Å²) in [4.78, 5) is 27.7. The summed E-state index contributed by atoms with van der Waals surface area (Å²) < 4.78 is 32.5. The third-order valence-electron chi connectivity index (χ3n) is 9.43.